The molecule has 2 aromatic rings. The standard InChI is InChI=1S/C30H37N5O8/c1-29(2,3)35(28(40)41)18-23(26(38)34-42)33-25(37)21-13-9-19(10-14-21)7-8-20-11-15-22(16-12-20)32-24(36)17-31-27(39)43-30(4,5)6/h9-16,23,42H,17-18H2,1-6H3,(H,31,39)(H,32,36)(H,33,37)(H,34,38)(H,40,41)/t23-/m0/s1. The van der Waals surface area contributed by atoms with Crippen molar-refractivity contribution in [3.63, 3.8) is 0 Å². The number of benzene rings is 2. The van der Waals surface area contributed by atoms with E-state index in [1.54, 1.807) is 77.9 Å². The number of carboxylic acid groups (broad SMARTS) is 1. The summed E-state index contributed by atoms with van der Waals surface area (Å²) < 4.78 is 5.09. The SMILES string of the molecule is CC(C)(C)OC(=O)NCC(=O)Nc1ccc(C#Cc2ccc(C(=O)N[C@@H](CN(C(=O)O)C(C)(C)C)C(=O)NO)cc2)cc1. The summed E-state index contributed by atoms with van der Waals surface area (Å²) in [6.07, 6.45) is -1.98. The van der Waals surface area contributed by atoms with Crippen LogP contribution in [-0.2, 0) is 14.3 Å². The molecule has 0 radical (unpaired) electrons. The van der Waals surface area contributed by atoms with Crippen molar-refractivity contribution in [1.29, 1.82) is 0 Å². The van der Waals surface area contributed by atoms with E-state index in [1.807, 2.05) is 0 Å². The molecule has 43 heavy (non-hydrogen) atoms. The average molecular weight is 596 g/mol. The molecule has 6 N–H and O–H groups in total. The van der Waals surface area contributed by atoms with Gasteiger partial charge < -0.3 is 30.7 Å². The summed E-state index contributed by atoms with van der Waals surface area (Å²) in [6, 6.07) is 11.6. The average Bonchev–Trinajstić information content (AvgIpc) is 2.91. The van der Waals surface area contributed by atoms with E-state index in [0.717, 1.165) is 4.90 Å². The Morgan fingerprint density at radius 1 is 0.884 bits per heavy atom. The molecular formula is C30H37N5O8. The molecule has 13 nitrogen and oxygen atoms in total. The van der Waals surface area contributed by atoms with E-state index in [2.05, 4.69) is 27.8 Å². The molecule has 0 aliphatic rings. The molecule has 230 valence electrons. The smallest absolute Gasteiger partial charge is 0.408 e. The molecular weight excluding hydrogens is 558 g/mol. The Hall–Kier alpha value is -5.09. The zero-order valence-corrected chi connectivity index (χ0v) is 24.9. The first kappa shape index (κ1) is 34.1. The van der Waals surface area contributed by atoms with Gasteiger partial charge in [0.1, 0.15) is 18.2 Å². The highest BCUT2D eigenvalue weighted by Gasteiger charge is 2.32. The number of amides is 5. The summed E-state index contributed by atoms with van der Waals surface area (Å²) in [7, 11) is 0. The first-order chi connectivity index (χ1) is 20.0. The first-order valence-corrected chi connectivity index (χ1v) is 13.2. The van der Waals surface area contributed by atoms with E-state index >= 15 is 0 Å². The Bertz CT molecular complexity index is 1380. The van der Waals surface area contributed by atoms with Crippen LogP contribution in [0.4, 0.5) is 15.3 Å². The fourth-order valence-electron chi connectivity index (χ4n) is 3.49. The maximum Gasteiger partial charge on any atom is 0.408 e. The van der Waals surface area contributed by atoms with Gasteiger partial charge in [-0.3, -0.25) is 19.6 Å². The van der Waals surface area contributed by atoms with Gasteiger partial charge in [-0.05, 0) is 90.1 Å². The number of ether oxygens (including phenoxy) is 1. The first-order valence-electron chi connectivity index (χ1n) is 13.2. The van der Waals surface area contributed by atoms with Crippen LogP contribution in [0.25, 0.3) is 0 Å². The lowest BCUT2D eigenvalue weighted by atomic mass is 10.0. The van der Waals surface area contributed by atoms with Gasteiger partial charge in [0, 0.05) is 27.9 Å². The Morgan fingerprint density at radius 3 is 1.88 bits per heavy atom. The van der Waals surface area contributed by atoms with Crippen molar-refractivity contribution >= 4 is 35.6 Å². The topological polar surface area (TPSA) is 186 Å². The van der Waals surface area contributed by atoms with Crippen molar-refractivity contribution in [3.8, 4) is 11.8 Å². The van der Waals surface area contributed by atoms with Crippen LogP contribution >= 0.6 is 0 Å². The van der Waals surface area contributed by atoms with Gasteiger partial charge in [0.05, 0.1) is 6.54 Å². The van der Waals surface area contributed by atoms with Crippen molar-refractivity contribution in [2.45, 2.75) is 58.7 Å². The molecule has 0 saturated heterocycles. The number of nitrogens with one attached hydrogen (secondary N) is 4. The van der Waals surface area contributed by atoms with E-state index in [4.69, 9.17) is 9.94 Å². The highest BCUT2D eigenvalue weighted by Crippen LogP contribution is 2.15. The molecule has 0 aliphatic heterocycles. The monoisotopic (exact) mass is 595 g/mol. The third-order valence-electron chi connectivity index (χ3n) is 5.60. The van der Waals surface area contributed by atoms with Gasteiger partial charge in [-0.15, -0.1) is 0 Å². The summed E-state index contributed by atoms with van der Waals surface area (Å²) >= 11 is 0. The minimum Gasteiger partial charge on any atom is -0.465 e. The third kappa shape index (κ3) is 11.7. The van der Waals surface area contributed by atoms with E-state index in [-0.39, 0.29) is 18.7 Å². The van der Waals surface area contributed by atoms with E-state index in [0.29, 0.717) is 16.8 Å². The summed E-state index contributed by atoms with van der Waals surface area (Å²) in [5.74, 6) is 3.90. The van der Waals surface area contributed by atoms with Gasteiger partial charge in [-0.1, -0.05) is 11.8 Å². The zero-order valence-electron chi connectivity index (χ0n) is 24.9. The van der Waals surface area contributed by atoms with Crippen LogP contribution in [-0.4, -0.2) is 75.4 Å². The Kier molecular flexibility index (Phi) is 11.7. The number of carbonyl (C=O) groups is 5. The van der Waals surface area contributed by atoms with Gasteiger partial charge in [0.25, 0.3) is 11.8 Å². The van der Waals surface area contributed by atoms with Gasteiger partial charge >= 0.3 is 12.2 Å². The van der Waals surface area contributed by atoms with Gasteiger partial charge in [-0.2, -0.15) is 0 Å². The van der Waals surface area contributed by atoms with Crippen molar-refractivity contribution < 1.29 is 39.0 Å². The van der Waals surface area contributed by atoms with Crippen LogP contribution in [0.2, 0.25) is 0 Å². The normalized spacial score (nSPS) is 11.6. The van der Waals surface area contributed by atoms with Crippen LogP contribution < -0.4 is 21.4 Å². The summed E-state index contributed by atoms with van der Waals surface area (Å²) in [4.78, 5) is 61.3. The molecule has 0 spiro atoms. The maximum atomic E-state index is 12.8. The number of hydroxylamine groups is 1. The van der Waals surface area contributed by atoms with E-state index < -0.39 is 47.1 Å². The summed E-state index contributed by atoms with van der Waals surface area (Å²) in [5, 5.41) is 26.1. The predicted molar refractivity (Wildman–Crippen MR) is 157 cm³/mol. The number of anilines is 1. The van der Waals surface area contributed by atoms with E-state index in [9.17, 15) is 29.1 Å². The Balaban J connectivity index is 1.99. The van der Waals surface area contributed by atoms with Crippen LogP contribution in [0.15, 0.2) is 48.5 Å². The number of carbonyl (C=O) groups excluding carboxylic acids is 4. The molecule has 13 heteroatoms. The molecule has 0 saturated carbocycles. The molecule has 0 heterocycles. The lowest BCUT2D eigenvalue weighted by Gasteiger charge is -2.35. The largest absolute Gasteiger partial charge is 0.465 e. The fourth-order valence-corrected chi connectivity index (χ4v) is 3.49. The minimum atomic E-state index is -1.35. The van der Waals surface area contributed by atoms with E-state index in [1.165, 1.54) is 17.6 Å². The van der Waals surface area contributed by atoms with Crippen LogP contribution in [0, 0.1) is 11.8 Å². The molecule has 2 rings (SSSR count). The number of hydrogen-bond acceptors (Lipinski definition) is 7. The second-order valence-corrected chi connectivity index (χ2v) is 11.4. The van der Waals surface area contributed by atoms with Crippen molar-refractivity contribution in [1.82, 2.24) is 21.0 Å². The lowest BCUT2D eigenvalue weighted by molar-refractivity contribution is -0.131. The minimum absolute atomic E-state index is 0.195. The number of rotatable bonds is 8. The second kappa shape index (κ2) is 14.7. The van der Waals surface area contributed by atoms with Crippen LogP contribution in [0.3, 0.4) is 0 Å². The molecule has 2 aromatic carbocycles. The summed E-state index contributed by atoms with van der Waals surface area (Å²) in [6.45, 7) is 9.44. The quantitative estimate of drug-likeness (QED) is 0.153. The number of nitrogens with zero attached hydrogens (tertiary/aromatic N) is 1. The maximum absolute atomic E-state index is 12.8. The van der Waals surface area contributed by atoms with Crippen molar-refractivity contribution in [2.75, 3.05) is 18.4 Å². The van der Waals surface area contributed by atoms with Crippen LogP contribution in [0.1, 0.15) is 63.0 Å². The van der Waals surface area contributed by atoms with Gasteiger partial charge in [-0.25, -0.2) is 15.1 Å². The molecule has 0 unspecified atom stereocenters. The lowest BCUT2D eigenvalue weighted by Crippen LogP contribution is -2.57. The fraction of sp³-hybridized carbons (Fsp3) is 0.367. The molecule has 5 amide bonds. The molecule has 0 aromatic heterocycles. The zero-order chi connectivity index (χ0) is 32.4. The van der Waals surface area contributed by atoms with Gasteiger partial charge in [0.15, 0.2) is 0 Å². The highest BCUT2D eigenvalue weighted by molar-refractivity contribution is 5.97. The second-order valence-electron chi connectivity index (χ2n) is 11.4. The molecule has 0 fully saturated rings. The number of hydrogen-bond donors (Lipinski definition) is 6. The Labute approximate surface area is 249 Å². The number of alkyl carbamates (subject to hydrolysis) is 1. The molecule has 1 atom stereocenters. The van der Waals surface area contributed by atoms with Crippen molar-refractivity contribution in [3.05, 3.63) is 65.2 Å². The van der Waals surface area contributed by atoms with Crippen LogP contribution in [0.5, 0.6) is 0 Å². The molecule has 0 aliphatic carbocycles. The van der Waals surface area contributed by atoms with Gasteiger partial charge in [0.2, 0.25) is 5.91 Å². The molecule has 0 bridgehead atoms. The van der Waals surface area contributed by atoms with Crippen molar-refractivity contribution in [2.24, 2.45) is 0 Å². The highest BCUT2D eigenvalue weighted by atomic mass is 16.6. The third-order valence-corrected chi connectivity index (χ3v) is 5.60. The summed E-state index contributed by atoms with van der Waals surface area (Å²) in [5.41, 5.74) is 1.89. The Morgan fingerprint density at radius 2 is 1.42 bits per heavy atom. The predicted octanol–water partition coefficient (Wildman–Crippen LogP) is 2.93.